The van der Waals surface area contributed by atoms with Gasteiger partial charge in [-0.05, 0) is 19.8 Å². The SMILES string of the molecule is CCCCCCCCCCCCCCCCC[N+](C)(C)CCC[Si](OCCN(CCO)CC(O)CS(=O)(=O)O)(OCCN(CCO)CC(O)CS(=O)(=O)O)OCCN(CCO)OS(=O)(=O)CC(C)O.[H-].[H-].[Na+].[Na+]. The normalized spacial score (nSPS) is 14.9. The summed E-state index contributed by atoms with van der Waals surface area (Å²) in [6.07, 6.45) is 15.3. The first-order chi connectivity index (χ1) is 32.4. The fourth-order valence-electron chi connectivity index (χ4n) is 7.90. The number of quaternary nitrogens is 1. The van der Waals surface area contributed by atoms with E-state index in [4.69, 9.17) is 17.6 Å². The van der Waals surface area contributed by atoms with Crippen LogP contribution in [0.1, 0.15) is 119 Å². The monoisotopic (exact) mass is 1130 g/mol. The average Bonchev–Trinajstić information content (AvgIpc) is 3.20. The van der Waals surface area contributed by atoms with Crippen molar-refractivity contribution in [1.82, 2.24) is 14.9 Å². The van der Waals surface area contributed by atoms with Crippen molar-refractivity contribution >= 4 is 39.2 Å². The second-order valence-electron chi connectivity index (χ2n) is 18.8. The van der Waals surface area contributed by atoms with Crippen LogP contribution in [0.2, 0.25) is 6.04 Å². The molecule has 420 valence electrons. The minimum atomic E-state index is -4.51. The van der Waals surface area contributed by atoms with Gasteiger partial charge in [0.15, 0.2) is 0 Å². The summed E-state index contributed by atoms with van der Waals surface area (Å²) in [5.74, 6) is -2.58. The van der Waals surface area contributed by atoms with Crippen LogP contribution in [0.15, 0.2) is 0 Å². The Kier molecular flexibility index (Phi) is 47.8. The van der Waals surface area contributed by atoms with Gasteiger partial charge in [-0.25, -0.2) is 0 Å². The Morgan fingerprint density at radius 3 is 1.27 bits per heavy atom. The summed E-state index contributed by atoms with van der Waals surface area (Å²) in [5, 5.41) is 60.6. The molecule has 0 saturated heterocycles. The maximum Gasteiger partial charge on any atom is 1.00 e. The molecule has 0 heterocycles. The number of unbranched alkanes of at least 4 members (excludes halogenated alkanes) is 14. The molecular weight excluding hydrogens is 1030 g/mol. The van der Waals surface area contributed by atoms with Gasteiger partial charge < -0.3 is 51.3 Å². The Bertz CT molecular complexity index is 1560. The first-order valence-electron chi connectivity index (χ1n) is 25.0. The van der Waals surface area contributed by atoms with E-state index in [1.165, 1.54) is 100 Å². The van der Waals surface area contributed by atoms with Gasteiger partial charge in [-0.3, -0.25) is 18.9 Å². The van der Waals surface area contributed by atoms with Crippen molar-refractivity contribution in [2.24, 2.45) is 0 Å². The predicted octanol–water partition coefficient (Wildman–Crippen LogP) is -4.43. The summed E-state index contributed by atoms with van der Waals surface area (Å²) in [6.45, 7) is 2.52. The second kappa shape index (κ2) is 44.3. The summed E-state index contributed by atoms with van der Waals surface area (Å²) >= 11 is 0. The molecule has 0 aromatic heterocycles. The molecule has 0 aromatic carbocycles. The molecule has 3 unspecified atom stereocenters. The third kappa shape index (κ3) is 47.2. The van der Waals surface area contributed by atoms with E-state index >= 15 is 0 Å². The molecule has 0 aromatic rings. The third-order valence-electron chi connectivity index (χ3n) is 11.3. The molecule has 0 rings (SSSR count). The molecular formula is C43H97N4Na2O18S3Si+. The number of hydrogen-bond donors (Lipinski definition) is 8. The molecule has 0 amide bonds. The zero-order valence-corrected chi connectivity index (χ0v) is 51.8. The number of aliphatic hydroxyl groups excluding tert-OH is 6. The van der Waals surface area contributed by atoms with Crippen molar-refractivity contribution in [1.29, 1.82) is 0 Å². The van der Waals surface area contributed by atoms with E-state index in [9.17, 15) is 65.0 Å². The van der Waals surface area contributed by atoms with Crippen LogP contribution in [0.3, 0.4) is 0 Å². The van der Waals surface area contributed by atoms with Crippen molar-refractivity contribution in [2.45, 2.75) is 141 Å². The Balaban J connectivity index is -0.00000385. The van der Waals surface area contributed by atoms with E-state index in [1.807, 2.05) is 0 Å². The van der Waals surface area contributed by atoms with Gasteiger partial charge in [0.2, 0.25) is 0 Å². The summed E-state index contributed by atoms with van der Waals surface area (Å²) in [4.78, 5) is 3.05. The minimum absolute atomic E-state index is 0. The van der Waals surface area contributed by atoms with Gasteiger partial charge in [-0.2, -0.15) is 34.6 Å². The molecule has 0 bridgehead atoms. The zero-order valence-electron chi connectivity index (χ0n) is 46.4. The Morgan fingerprint density at radius 2 is 0.901 bits per heavy atom. The van der Waals surface area contributed by atoms with Gasteiger partial charge >= 0.3 is 67.9 Å². The molecule has 0 aliphatic heterocycles. The van der Waals surface area contributed by atoms with E-state index in [0.717, 1.165) is 24.4 Å². The third-order valence-corrected chi connectivity index (χ3v) is 17.2. The molecule has 3 atom stereocenters. The fraction of sp³-hybridized carbons (Fsp3) is 1.00. The first kappa shape index (κ1) is 76.7. The topological polar surface area (TPSA) is 311 Å². The molecule has 0 saturated carbocycles. The number of hydrogen-bond acceptors (Lipinski definition) is 19. The van der Waals surface area contributed by atoms with Crippen molar-refractivity contribution in [3.63, 3.8) is 0 Å². The number of rotatable bonds is 50. The number of nitrogens with zero attached hydrogens (tertiary/aromatic N) is 4. The summed E-state index contributed by atoms with van der Waals surface area (Å²) < 4.78 is 115. The van der Waals surface area contributed by atoms with E-state index < -0.39 is 81.3 Å². The molecule has 0 fully saturated rings. The fourth-order valence-corrected chi connectivity index (χ4v) is 12.7. The average molecular weight is 1130 g/mol. The van der Waals surface area contributed by atoms with Crippen molar-refractivity contribution in [2.75, 3.05) is 136 Å². The zero-order chi connectivity index (χ0) is 52.2. The van der Waals surface area contributed by atoms with Gasteiger partial charge in [-0.1, -0.05) is 90.4 Å². The molecule has 71 heavy (non-hydrogen) atoms. The molecule has 22 nitrogen and oxygen atoms in total. The van der Waals surface area contributed by atoms with Gasteiger partial charge in [-0.15, -0.1) is 0 Å². The summed E-state index contributed by atoms with van der Waals surface area (Å²) in [7, 11) is -12.9. The van der Waals surface area contributed by atoms with Crippen LogP contribution in [-0.2, 0) is 47.9 Å². The van der Waals surface area contributed by atoms with Crippen molar-refractivity contribution in [3.8, 4) is 0 Å². The van der Waals surface area contributed by atoms with E-state index in [-0.39, 0.29) is 153 Å². The van der Waals surface area contributed by atoms with Crippen LogP contribution < -0.4 is 59.1 Å². The largest absolute Gasteiger partial charge is 1.00 e. The van der Waals surface area contributed by atoms with Gasteiger partial charge in [0.05, 0.1) is 85.1 Å². The summed E-state index contributed by atoms with van der Waals surface area (Å²) in [5.41, 5.74) is 0. The minimum Gasteiger partial charge on any atom is -1.00 e. The second-order valence-corrected chi connectivity index (χ2v) is 26.1. The van der Waals surface area contributed by atoms with Crippen LogP contribution in [0.5, 0.6) is 0 Å². The Labute approximate surface area is 476 Å². The maximum atomic E-state index is 12.6. The van der Waals surface area contributed by atoms with E-state index in [1.54, 1.807) is 0 Å². The molecule has 8 N–H and O–H groups in total. The standard InChI is InChI=1S/C43H94N4O18S3Si.2Na.2H/c1-5-6-7-8-9-10-11-12-13-14-15-16-17-18-19-27-47(3,4)28-20-35-69(62-32-24-44(21-29-48)36-42(52)39-66(54,55)56,63-33-25-45(22-30-49)37-43(53)40-67(57,58)59)64-34-26-46(23-31-50)65-68(60,61)38-41(2)51;;;;/h41-43,48-53H,5-40H2,1-4H3,(H-,54,55,56,57,58,59);;;;/q;2*+1;2*-1/p+1. The van der Waals surface area contributed by atoms with Crippen LogP contribution >= 0.6 is 0 Å². The number of aliphatic hydroxyl groups is 6. The van der Waals surface area contributed by atoms with Crippen LogP contribution in [0.4, 0.5) is 0 Å². The maximum absolute atomic E-state index is 12.6. The van der Waals surface area contributed by atoms with Gasteiger partial charge in [0.25, 0.3) is 30.4 Å². The molecule has 0 aliphatic carbocycles. The van der Waals surface area contributed by atoms with Crippen LogP contribution in [0, 0.1) is 0 Å². The quantitative estimate of drug-likeness (QED) is 0.00937. The smallest absolute Gasteiger partial charge is 1.00 e. The van der Waals surface area contributed by atoms with Crippen molar-refractivity contribution in [3.05, 3.63) is 0 Å². The molecule has 0 aliphatic rings. The van der Waals surface area contributed by atoms with E-state index in [2.05, 4.69) is 21.0 Å². The first-order valence-corrected chi connectivity index (χ1v) is 31.7. The number of hydroxylamine groups is 2. The Morgan fingerprint density at radius 1 is 0.535 bits per heavy atom. The predicted molar refractivity (Wildman–Crippen MR) is 269 cm³/mol. The molecule has 0 radical (unpaired) electrons. The summed E-state index contributed by atoms with van der Waals surface area (Å²) in [6, 6.07) is 0.228. The van der Waals surface area contributed by atoms with Crippen LogP contribution in [-0.4, -0.2) is 248 Å². The molecule has 0 spiro atoms. The van der Waals surface area contributed by atoms with E-state index in [0.29, 0.717) is 17.4 Å². The van der Waals surface area contributed by atoms with Crippen LogP contribution in [0.25, 0.3) is 0 Å². The van der Waals surface area contributed by atoms with Gasteiger partial charge in [0, 0.05) is 64.8 Å². The Hall–Kier alpha value is 1.43. The van der Waals surface area contributed by atoms with Crippen molar-refractivity contribution < 1.29 is 149 Å². The molecule has 28 heteroatoms. The van der Waals surface area contributed by atoms with Gasteiger partial charge in [0.1, 0.15) is 17.3 Å².